The van der Waals surface area contributed by atoms with Gasteiger partial charge in [0.1, 0.15) is 0 Å². The van der Waals surface area contributed by atoms with E-state index in [1.807, 2.05) is 6.07 Å². The summed E-state index contributed by atoms with van der Waals surface area (Å²) in [5.74, 6) is 1.78. The van der Waals surface area contributed by atoms with E-state index in [-0.39, 0.29) is 17.6 Å². The summed E-state index contributed by atoms with van der Waals surface area (Å²) in [5.41, 5.74) is 9.96. The molecule has 0 bridgehead atoms. The van der Waals surface area contributed by atoms with Gasteiger partial charge in [0.15, 0.2) is 0 Å². The first-order valence-electron chi connectivity index (χ1n) is 18.0. The Labute approximate surface area is 273 Å². The second-order valence-electron chi connectivity index (χ2n) is 15.3. The zero-order valence-electron chi connectivity index (χ0n) is 28.3. The number of nitrogens with one attached hydrogen (secondary N) is 4. The van der Waals surface area contributed by atoms with Gasteiger partial charge in [-0.25, -0.2) is 0 Å². The molecule has 7 N–H and O–H groups in total. The maximum absolute atomic E-state index is 10.9. The highest BCUT2D eigenvalue weighted by molar-refractivity contribution is 5.54. The molecule has 1 aliphatic carbocycles. The lowest BCUT2D eigenvalue weighted by Crippen LogP contribution is -2.55. The number of hydrogen-bond donors (Lipinski definition) is 6. The summed E-state index contributed by atoms with van der Waals surface area (Å²) >= 11 is 0. The molecule has 0 spiro atoms. The Bertz CT molecular complexity index is 1140. The molecule has 250 valence electrons. The SMILES string of the molecule is CC(C)(C)NCC1CC2CCCCC2CN1CCC(Cc1ccccc1)NCC(CCN)NCC1Nc2ccccc2CC1O. The highest BCUT2D eigenvalue weighted by atomic mass is 16.3. The van der Waals surface area contributed by atoms with Crippen molar-refractivity contribution in [3.63, 3.8) is 0 Å². The molecular formula is C38H62N6O. The first kappa shape index (κ1) is 34.3. The molecular weight excluding hydrogens is 556 g/mol. The molecule has 1 saturated carbocycles. The Morgan fingerprint density at radius 1 is 0.933 bits per heavy atom. The van der Waals surface area contributed by atoms with Gasteiger partial charge in [-0.3, -0.25) is 4.90 Å². The zero-order chi connectivity index (χ0) is 31.6. The van der Waals surface area contributed by atoms with Crippen molar-refractivity contribution in [2.45, 2.75) is 114 Å². The van der Waals surface area contributed by atoms with Crippen molar-refractivity contribution < 1.29 is 5.11 Å². The average Bonchev–Trinajstić information content (AvgIpc) is 3.03. The Kier molecular flexibility index (Phi) is 12.8. The number of aliphatic hydroxyl groups is 1. The van der Waals surface area contributed by atoms with E-state index >= 15 is 0 Å². The topological polar surface area (TPSA) is 97.6 Å². The highest BCUT2D eigenvalue weighted by Crippen LogP contribution is 2.38. The summed E-state index contributed by atoms with van der Waals surface area (Å²) in [5, 5.41) is 26.0. The molecule has 3 aliphatic rings. The third-order valence-electron chi connectivity index (χ3n) is 10.6. The van der Waals surface area contributed by atoms with Gasteiger partial charge in [0.25, 0.3) is 0 Å². The van der Waals surface area contributed by atoms with Crippen LogP contribution in [0, 0.1) is 11.8 Å². The van der Waals surface area contributed by atoms with E-state index in [4.69, 9.17) is 5.73 Å². The van der Waals surface area contributed by atoms with Crippen LogP contribution in [-0.4, -0.2) is 85.1 Å². The van der Waals surface area contributed by atoms with Crippen LogP contribution in [0.1, 0.15) is 76.8 Å². The normalized spacial score (nSPS) is 26.8. The van der Waals surface area contributed by atoms with Gasteiger partial charge in [-0.05, 0) is 95.0 Å². The summed E-state index contributed by atoms with van der Waals surface area (Å²) in [6.45, 7) is 12.6. The minimum absolute atomic E-state index is 0.0124. The van der Waals surface area contributed by atoms with Crippen LogP contribution in [0.2, 0.25) is 0 Å². The second kappa shape index (κ2) is 16.7. The number of likely N-dealkylation sites (tertiary alicyclic amines) is 1. The lowest BCUT2D eigenvalue weighted by atomic mass is 9.72. The smallest absolute Gasteiger partial charge is 0.0794 e. The zero-order valence-corrected chi connectivity index (χ0v) is 28.3. The summed E-state index contributed by atoms with van der Waals surface area (Å²) < 4.78 is 0. The maximum atomic E-state index is 10.9. The lowest BCUT2D eigenvalue weighted by Gasteiger charge is -2.47. The van der Waals surface area contributed by atoms with Gasteiger partial charge < -0.3 is 32.1 Å². The monoisotopic (exact) mass is 618 g/mol. The number of aliphatic hydroxyl groups excluding tert-OH is 1. The first-order chi connectivity index (χ1) is 21.8. The van der Waals surface area contributed by atoms with E-state index in [1.165, 1.54) is 49.8 Å². The molecule has 0 aromatic heterocycles. The summed E-state index contributed by atoms with van der Waals surface area (Å²) in [6, 6.07) is 20.5. The summed E-state index contributed by atoms with van der Waals surface area (Å²) in [7, 11) is 0. The van der Waals surface area contributed by atoms with Crippen LogP contribution in [0.3, 0.4) is 0 Å². The molecule has 2 aliphatic heterocycles. The third kappa shape index (κ3) is 10.5. The molecule has 45 heavy (non-hydrogen) atoms. The molecule has 2 fully saturated rings. The minimum Gasteiger partial charge on any atom is -0.391 e. The van der Waals surface area contributed by atoms with E-state index in [9.17, 15) is 5.11 Å². The number of anilines is 1. The van der Waals surface area contributed by atoms with Crippen LogP contribution in [-0.2, 0) is 12.8 Å². The number of nitrogens with zero attached hydrogens (tertiary/aromatic N) is 1. The molecule has 0 radical (unpaired) electrons. The predicted molar refractivity (Wildman–Crippen MR) is 189 cm³/mol. The fourth-order valence-electron chi connectivity index (χ4n) is 7.96. The van der Waals surface area contributed by atoms with E-state index in [2.05, 4.69) is 95.5 Å². The predicted octanol–water partition coefficient (Wildman–Crippen LogP) is 4.55. The molecule has 7 atom stereocenters. The van der Waals surface area contributed by atoms with Crippen molar-refractivity contribution >= 4 is 5.69 Å². The van der Waals surface area contributed by atoms with Crippen LogP contribution in [0.15, 0.2) is 54.6 Å². The molecule has 2 heterocycles. The van der Waals surface area contributed by atoms with E-state index in [0.29, 0.717) is 31.6 Å². The molecule has 0 amide bonds. The molecule has 2 aromatic rings. The van der Waals surface area contributed by atoms with Gasteiger partial charge in [0, 0.05) is 62.0 Å². The first-order valence-corrected chi connectivity index (χ1v) is 18.0. The number of hydrogen-bond acceptors (Lipinski definition) is 7. The van der Waals surface area contributed by atoms with Gasteiger partial charge in [0.2, 0.25) is 0 Å². The van der Waals surface area contributed by atoms with Crippen molar-refractivity contribution in [1.82, 2.24) is 20.9 Å². The summed E-state index contributed by atoms with van der Waals surface area (Å²) in [4.78, 5) is 2.84. The Hall–Kier alpha value is -2.00. The lowest BCUT2D eigenvalue weighted by molar-refractivity contribution is 0.0335. The molecule has 2 aromatic carbocycles. The van der Waals surface area contributed by atoms with E-state index < -0.39 is 6.10 Å². The molecule has 7 nitrogen and oxygen atoms in total. The average molecular weight is 619 g/mol. The van der Waals surface area contributed by atoms with Crippen molar-refractivity contribution in [3.05, 3.63) is 65.7 Å². The third-order valence-corrected chi connectivity index (χ3v) is 10.6. The van der Waals surface area contributed by atoms with Gasteiger partial charge in [0.05, 0.1) is 12.1 Å². The minimum atomic E-state index is -0.404. The van der Waals surface area contributed by atoms with Crippen molar-refractivity contribution in [2.75, 3.05) is 44.6 Å². The molecule has 7 unspecified atom stereocenters. The van der Waals surface area contributed by atoms with Gasteiger partial charge in [-0.1, -0.05) is 67.8 Å². The van der Waals surface area contributed by atoms with Crippen LogP contribution in [0.25, 0.3) is 0 Å². The second-order valence-corrected chi connectivity index (χ2v) is 15.3. The Morgan fingerprint density at radius 3 is 2.47 bits per heavy atom. The van der Waals surface area contributed by atoms with Crippen molar-refractivity contribution in [3.8, 4) is 0 Å². The van der Waals surface area contributed by atoms with E-state index in [0.717, 1.165) is 56.4 Å². The van der Waals surface area contributed by atoms with Gasteiger partial charge in [-0.2, -0.15) is 0 Å². The fraction of sp³-hybridized carbons (Fsp3) is 0.684. The van der Waals surface area contributed by atoms with E-state index in [1.54, 1.807) is 0 Å². The van der Waals surface area contributed by atoms with Gasteiger partial charge >= 0.3 is 0 Å². The van der Waals surface area contributed by atoms with Crippen LogP contribution in [0.5, 0.6) is 0 Å². The summed E-state index contributed by atoms with van der Waals surface area (Å²) in [6.07, 6.45) is 10.4. The standard InChI is InChI=1S/C38H62N6O/c1-38(2,3)42-25-34-22-29-13-7-8-15-31(29)27-44(34)20-18-32(21-28-11-5-4-6-12-28)40-24-33(17-19-39)41-26-36-37(45)23-30-14-9-10-16-35(30)43-36/h4-6,9-12,14,16,29,31-34,36-37,40-43,45H,7-8,13,15,17-27,39H2,1-3H3. The van der Waals surface area contributed by atoms with Crippen molar-refractivity contribution in [2.24, 2.45) is 17.6 Å². The number of nitrogens with two attached hydrogens (primary N) is 1. The van der Waals surface area contributed by atoms with Crippen molar-refractivity contribution in [1.29, 1.82) is 0 Å². The molecule has 5 rings (SSSR count). The molecule has 1 saturated heterocycles. The number of benzene rings is 2. The number of piperidine rings is 1. The van der Waals surface area contributed by atoms with Crippen LogP contribution in [0.4, 0.5) is 5.69 Å². The maximum Gasteiger partial charge on any atom is 0.0794 e. The highest BCUT2D eigenvalue weighted by Gasteiger charge is 2.37. The number of para-hydroxylation sites is 1. The fourth-order valence-corrected chi connectivity index (χ4v) is 7.96. The number of rotatable bonds is 15. The Morgan fingerprint density at radius 2 is 1.69 bits per heavy atom. The quantitative estimate of drug-likeness (QED) is 0.174. The van der Waals surface area contributed by atoms with Gasteiger partial charge in [-0.15, -0.1) is 0 Å². The molecule has 7 heteroatoms. The Balaban J connectivity index is 1.20. The van der Waals surface area contributed by atoms with Crippen LogP contribution < -0.4 is 27.0 Å². The number of fused-ring (bicyclic) bond motifs is 2. The largest absolute Gasteiger partial charge is 0.391 e. The van der Waals surface area contributed by atoms with Crippen LogP contribution >= 0.6 is 0 Å².